The standard InChI is InChI=1S/C12H14IN7O/c1-7-10(6-14-12-15-18-19-16-12)11(21)20(17-7)9-4-2-8(13)3-5-9/h2-6,12,15-19H,1H3/b14-6+. The highest BCUT2D eigenvalue weighted by atomic mass is 127. The molecule has 0 radical (unpaired) electrons. The van der Waals surface area contributed by atoms with Crippen LogP contribution in [0.3, 0.4) is 0 Å². The number of nitrogens with one attached hydrogen (secondary N) is 5. The molecule has 3 rings (SSSR count). The molecule has 5 N–H and O–H groups in total. The monoisotopic (exact) mass is 399 g/mol. The number of hydrazine groups is 3. The third-order valence-electron chi connectivity index (χ3n) is 3.03. The van der Waals surface area contributed by atoms with Gasteiger partial charge in [0.25, 0.3) is 5.56 Å². The van der Waals surface area contributed by atoms with Gasteiger partial charge >= 0.3 is 0 Å². The van der Waals surface area contributed by atoms with Crippen LogP contribution in [0.25, 0.3) is 5.69 Å². The summed E-state index contributed by atoms with van der Waals surface area (Å²) in [6, 6.07) is 7.70. The van der Waals surface area contributed by atoms with E-state index < -0.39 is 0 Å². The Kier molecular flexibility index (Phi) is 4.17. The van der Waals surface area contributed by atoms with Crippen molar-refractivity contribution in [2.45, 2.75) is 13.2 Å². The van der Waals surface area contributed by atoms with Crippen LogP contribution in [-0.4, -0.2) is 22.3 Å². The summed E-state index contributed by atoms with van der Waals surface area (Å²) < 4.78 is 2.63. The van der Waals surface area contributed by atoms with Gasteiger partial charge < -0.3 is 0 Å². The first-order valence-corrected chi connectivity index (χ1v) is 7.35. The molecule has 1 saturated heterocycles. The molecule has 2 aromatic rings. The summed E-state index contributed by atoms with van der Waals surface area (Å²) in [7, 11) is 0. The quantitative estimate of drug-likeness (QED) is 0.367. The molecule has 1 fully saturated rings. The maximum atomic E-state index is 12.4. The van der Waals surface area contributed by atoms with E-state index in [1.54, 1.807) is 6.21 Å². The van der Waals surface area contributed by atoms with Crippen molar-refractivity contribution in [3.8, 4) is 5.69 Å². The second kappa shape index (κ2) is 6.07. The van der Waals surface area contributed by atoms with E-state index >= 15 is 0 Å². The summed E-state index contributed by atoms with van der Waals surface area (Å²) in [5, 5.41) is 3.06. The van der Waals surface area contributed by atoms with E-state index in [9.17, 15) is 4.79 Å². The van der Waals surface area contributed by atoms with Gasteiger partial charge in [0.1, 0.15) is 0 Å². The number of aliphatic imine (C=N–C) groups is 1. The largest absolute Gasteiger partial charge is 0.295 e. The average molecular weight is 399 g/mol. The second-order valence-electron chi connectivity index (χ2n) is 4.49. The maximum absolute atomic E-state index is 12.4. The van der Waals surface area contributed by atoms with Crippen LogP contribution in [0.15, 0.2) is 34.1 Å². The van der Waals surface area contributed by atoms with Crippen LogP contribution >= 0.6 is 22.6 Å². The van der Waals surface area contributed by atoms with E-state index in [2.05, 4.69) is 54.6 Å². The Labute approximate surface area is 134 Å². The zero-order chi connectivity index (χ0) is 14.8. The topological polar surface area (TPSA) is 98.3 Å². The highest BCUT2D eigenvalue weighted by Gasteiger charge is 2.13. The Balaban J connectivity index is 1.92. The van der Waals surface area contributed by atoms with Gasteiger partial charge in [0.2, 0.25) is 0 Å². The minimum Gasteiger partial charge on any atom is -0.295 e. The molecule has 0 saturated carbocycles. The molecule has 0 unspecified atom stereocenters. The number of hydrogen-bond donors (Lipinski definition) is 5. The predicted octanol–water partition coefficient (Wildman–Crippen LogP) is -0.102. The Morgan fingerprint density at radius 3 is 2.57 bits per heavy atom. The molecule has 0 bridgehead atoms. The number of H-pyrrole nitrogens is 1. The van der Waals surface area contributed by atoms with Gasteiger partial charge in [-0.3, -0.25) is 14.9 Å². The van der Waals surface area contributed by atoms with Gasteiger partial charge in [-0.15, -0.1) is 0 Å². The molecule has 0 aliphatic carbocycles. The van der Waals surface area contributed by atoms with Crippen LogP contribution < -0.4 is 27.5 Å². The lowest BCUT2D eigenvalue weighted by Crippen LogP contribution is -2.33. The SMILES string of the molecule is Cc1[nH]n(-c2ccc(I)cc2)c(=O)c1/C=N/C1NNNN1. The summed E-state index contributed by atoms with van der Waals surface area (Å²) >= 11 is 2.23. The van der Waals surface area contributed by atoms with Gasteiger partial charge in [0.05, 0.1) is 11.3 Å². The molecule has 1 aromatic carbocycles. The highest BCUT2D eigenvalue weighted by molar-refractivity contribution is 14.1. The lowest BCUT2D eigenvalue weighted by Gasteiger charge is -2.01. The van der Waals surface area contributed by atoms with Crippen molar-refractivity contribution in [3.05, 3.63) is 49.4 Å². The first-order chi connectivity index (χ1) is 10.1. The molecular formula is C12H14IN7O. The number of halogens is 1. The van der Waals surface area contributed by atoms with Gasteiger partial charge in [-0.25, -0.2) is 15.5 Å². The zero-order valence-electron chi connectivity index (χ0n) is 11.1. The van der Waals surface area contributed by atoms with Gasteiger partial charge in [-0.05, 0) is 53.8 Å². The molecule has 1 aliphatic heterocycles. The minimum absolute atomic E-state index is 0.128. The summed E-state index contributed by atoms with van der Waals surface area (Å²) in [4.78, 5) is 16.7. The van der Waals surface area contributed by atoms with E-state index in [0.29, 0.717) is 5.56 Å². The van der Waals surface area contributed by atoms with Crippen LogP contribution in [0.1, 0.15) is 11.3 Å². The molecule has 0 atom stereocenters. The molecule has 110 valence electrons. The Bertz CT molecular complexity index is 712. The molecule has 8 nitrogen and oxygen atoms in total. The van der Waals surface area contributed by atoms with Crippen molar-refractivity contribution in [2.24, 2.45) is 4.99 Å². The summed E-state index contributed by atoms with van der Waals surface area (Å²) in [6.45, 7) is 1.85. The normalized spacial score (nSPS) is 16.1. The van der Waals surface area contributed by atoms with Crippen molar-refractivity contribution in [1.29, 1.82) is 0 Å². The van der Waals surface area contributed by atoms with E-state index in [0.717, 1.165) is 15.0 Å². The van der Waals surface area contributed by atoms with Crippen molar-refractivity contribution in [2.75, 3.05) is 0 Å². The molecule has 0 amide bonds. The summed E-state index contributed by atoms with van der Waals surface area (Å²) in [6.07, 6.45) is 1.22. The third kappa shape index (κ3) is 3.06. The van der Waals surface area contributed by atoms with Crippen LogP contribution in [-0.2, 0) is 0 Å². The molecule has 21 heavy (non-hydrogen) atoms. The van der Waals surface area contributed by atoms with Crippen molar-refractivity contribution < 1.29 is 0 Å². The number of aromatic nitrogens is 2. The van der Waals surface area contributed by atoms with E-state index in [1.807, 2.05) is 31.2 Å². The first-order valence-electron chi connectivity index (χ1n) is 6.27. The second-order valence-corrected chi connectivity index (χ2v) is 5.73. The van der Waals surface area contributed by atoms with Crippen molar-refractivity contribution in [1.82, 2.24) is 31.7 Å². The van der Waals surface area contributed by atoms with Gasteiger partial charge in [0, 0.05) is 15.5 Å². The average Bonchev–Trinajstić information content (AvgIpc) is 3.07. The van der Waals surface area contributed by atoms with E-state index in [1.165, 1.54) is 4.68 Å². The summed E-state index contributed by atoms with van der Waals surface area (Å²) in [5.41, 5.74) is 12.9. The number of hydrogen-bond acceptors (Lipinski definition) is 6. The van der Waals surface area contributed by atoms with Gasteiger partial charge in [0.15, 0.2) is 6.29 Å². The fourth-order valence-electron chi connectivity index (χ4n) is 1.95. The molecule has 0 spiro atoms. The number of rotatable bonds is 3. The van der Waals surface area contributed by atoms with Gasteiger partial charge in [-0.2, -0.15) is 11.1 Å². The van der Waals surface area contributed by atoms with E-state index in [4.69, 9.17) is 0 Å². The molecule has 9 heteroatoms. The fraction of sp³-hybridized carbons (Fsp3) is 0.167. The van der Waals surface area contributed by atoms with Gasteiger partial charge in [-0.1, -0.05) is 0 Å². The number of aryl methyl sites for hydroxylation is 1. The Hall–Kier alpha value is -1.53. The van der Waals surface area contributed by atoms with Crippen molar-refractivity contribution in [3.63, 3.8) is 0 Å². The lowest BCUT2D eigenvalue weighted by molar-refractivity contribution is 0.551. The molecule has 2 heterocycles. The molecule has 1 aliphatic rings. The number of aromatic amines is 1. The van der Waals surface area contributed by atoms with E-state index in [-0.39, 0.29) is 11.8 Å². The smallest absolute Gasteiger partial charge is 0.280 e. The summed E-state index contributed by atoms with van der Waals surface area (Å²) in [5.74, 6) is 0. The number of benzene rings is 1. The van der Waals surface area contributed by atoms with Crippen molar-refractivity contribution >= 4 is 28.8 Å². The number of nitrogens with zero attached hydrogens (tertiary/aromatic N) is 2. The van der Waals surface area contributed by atoms with Crippen LogP contribution in [0.2, 0.25) is 0 Å². The fourth-order valence-corrected chi connectivity index (χ4v) is 2.31. The Morgan fingerprint density at radius 1 is 1.24 bits per heavy atom. The predicted molar refractivity (Wildman–Crippen MR) is 87.8 cm³/mol. The van der Waals surface area contributed by atoms with Crippen LogP contribution in [0, 0.1) is 10.5 Å². The lowest BCUT2D eigenvalue weighted by atomic mass is 10.3. The molecule has 1 aromatic heterocycles. The first kappa shape index (κ1) is 14.4. The highest BCUT2D eigenvalue weighted by Crippen LogP contribution is 2.10. The van der Waals surface area contributed by atoms with Crippen LogP contribution in [0.4, 0.5) is 0 Å². The Morgan fingerprint density at radius 2 is 1.90 bits per heavy atom. The maximum Gasteiger partial charge on any atom is 0.280 e. The molecular weight excluding hydrogens is 385 g/mol. The van der Waals surface area contributed by atoms with Crippen LogP contribution in [0.5, 0.6) is 0 Å². The zero-order valence-corrected chi connectivity index (χ0v) is 13.3. The minimum atomic E-state index is -0.328. The third-order valence-corrected chi connectivity index (χ3v) is 3.75.